The van der Waals surface area contributed by atoms with Crippen LogP contribution in [0.1, 0.15) is 56.1 Å². The summed E-state index contributed by atoms with van der Waals surface area (Å²) >= 11 is 0. The van der Waals surface area contributed by atoms with Crippen LogP contribution in [0.25, 0.3) is 0 Å². The van der Waals surface area contributed by atoms with Crippen molar-refractivity contribution in [3.63, 3.8) is 0 Å². The zero-order valence-corrected chi connectivity index (χ0v) is 13.5. The zero-order valence-electron chi connectivity index (χ0n) is 12.7. The van der Waals surface area contributed by atoms with Crippen LogP contribution in [0.3, 0.4) is 0 Å². The quantitative estimate of drug-likeness (QED) is 0.901. The van der Waals surface area contributed by atoms with Gasteiger partial charge in [0.1, 0.15) is 0 Å². The van der Waals surface area contributed by atoms with Crippen LogP contribution >= 0.6 is 12.4 Å². The third-order valence-corrected chi connectivity index (χ3v) is 4.60. The fourth-order valence-corrected chi connectivity index (χ4v) is 3.35. The molecular formula is C14H24ClN5O. The van der Waals surface area contributed by atoms with Crippen molar-refractivity contribution in [2.75, 3.05) is 13.1 Å². The molecule has 0 saturated carbocycles. The van der Waals surface area contributed by atoms with Crippen molar-refractivity contribution in [1.29, 1.82) is 0 Å². The Kier molecular flexibility index (Phi) is 5.22. The lowest BCUT2D eigenvalue weighted by atomic mass is 10.1. The molecule has 0 aromatic carbocycles. The third kappa shape index (κ3) is 3.21. The Bertz CT molecular complexity index is 475. The van der Waals surface area contributed by atoms with Crippen LogP contribution in [0, 0.1) is 0 Å². The largest absolute Gasteiger partial charge is 0.332 e. The lowest BCUT2D eigenvalue weighted by Gasteiger charge is -2.25. The first-order chi connectivity index (χ1) is 9.66. The Morgan fingerprint density at radius 2 is 1.81 bits per heavy atom. The van der Waals surface area contributed by atoms with Gasteiger partial charge in [-0.25, -0.2) is 4.68 Å². The molecule has 1 aromatic heterocycles. The number of piperidine rings is 1. The number of aromatic nitrogens is 3. The Morgan fingerprint density at radius 1 is 1.19 bits per heavy atom. The van der Waals surface area contributed by atoms with E-state index in [4.69, 9.17) is 0 Å². The first-order valence-electron chi connectivity index (χ1n) is 7.62. The predicted molar refractivity (Wildman–Crippen MR) is 82.7 cm³/mol. The summed E-state index contributed by atoms with van der Waals surface area (Å²) < 4.78 is 1.87. The average molecular weight is 314 g/mol. The van der Waals surface area contributed by atoms with Gasteiger partial charge in [0.25, 0.3) is 5.91 Å². The van der Waals surface area contributed by atoms with E-state index in [1.54, 1.807) is 0 Å². The van der Waals surface area contributed by atoms with Gasteiger partial charge in [-0.1, -0.05) is 5.21 Å². The van der Waals surface area contributed by atoms with E-state index in [0.29, 0.717) is 23.8 Å². The van der Waals surface area contributed by atoms with E-state index in [1.807, 2.05) is 15.8 Å². The predicted octanol–water partition coefficient (Wildman–Crippen LogP) is 1.64. The molecular weight excluding hydrogens is 290 g/mol. The number of halogens is 1. The molecule has 118 valence electrons. The molecule has 2 aliphatic rings. The van der Waals surface area contributed by atoms with Crippen LogP contribution in [0.4, 0.5) is 0 Å². The van der Waals surface area contributed by atoms with Gasteiger partial charge in [-0.05, 0) is 52.6 Å². The van der Waals surface area contributed by atoms with Crippen LogP contribution in [-0.2, 0) is 0 Å². The molecule has 21 heavy (non-hydrogen) atoms. The minimum Gasteiger partial charge on any atom is -0.332 e. The SMILES string of the molecule is CC1CCC(C)N1C(=O)c1cn(C2CCNCC2)nn1.Cl. The van der Waals surface area contributed by atoms with Gasteiger partial charge in [0, 0.05) is 12.1 Å². The highest BCUT2D eigenvalue weighted by Gasteiger charge is 2.33. The normalized spacial score (nSPS) is 26.7. The summed E-state index contributed by atoms with van der Waals surface area (Å²) in [4.78, 5) is 14.5. The van der Waals surface area contributed by atoms with Crippen LogP contribution in [0.5, 0.6) is 0 Å². The molecule has 0 bridgehead atoms. The Balaban J connectivity index is 0.00000161. The van der Waals surface area contributed by atoms with Gasteiger partial charge in [-0.15, -0.1) is 17.5 Å². The average Bonchev–Trinajstić information content (AvgIpc) is 3.07. The Labute approximate surface area is 131 Å². The van der Waals surface area contributed by atoms with Gasteiger partial charge >= 0.3 is 0 Å². The van der Waals surface area contributed by atoms with Crippen molar-refractivity contribution in [2.45, 2.75) is 57.7 Å². The highest BCUT2D eigenvalue weighted by molar-refractivity contribution is 5.92. The molecule has 2 atom stereocenters. The standard InChI is InChI=1S/C14H23N5O.ClH/c1-10-3-4-11(2)19(10)14(20)13-9-18(17-16-13)12-5-7-15-8-6-12;/h9-12,15H,3-8H2,1-2H3;1H. The van der Waals surface area contributed by atoms with Gasteiger partial charge in [0.15, 0.2) is 5.69 Å². The van der Waals surface area contributed by atoms with E-state index in [-0.39, 0.29) is 18.3 Å². The molecule has 0 aliphatic carbocycles. The van der Waals surface area contributed by atoms with Gasteiger partial charge in [0.2, 0.25) is 0 Å². The topological polar surface area (TPSA) is 63.1 Å². The number of hydrogen-bond acceptors (Lipinski definition) is 4. The minimum atomic E-state index is 0. The van der Waals surface area contributed by atoms with E-state index in [2.05, 4.69) is 29.5 Å². The summed E-state index contributed by atoms with van der Waals surface area (Å²) in [6, 6.07) is 0.988. The molecule has 0 radical (unpaired) electrons. The monoisotopic (exact) mass is 313 g/mol. The van der Waals surface area contributed by atoms with E-state index in [0.717, 1.165) is 38.8 Å². The van der Waals surface area contributed by atoms with Crippen LogP contribution < -0.4 is 5.32 Å². The molecule has 0 spiro atoms. The van der Waals surface area contributed by atoms with Crippen molar-refractivity contribution in [2.24, 2.45) is 0 Å². The summed E-state index contributed by atoms with van der Waals surface area (Å²) in [5, 5.41) is 11.6. The van der Waals surface area contributed by atoms with Gasteiger partial charge in [-0.3, -0.25) is 4.79 Å². The molecule has 6 nitrogen and oxygen atoms in total. The van der Waals surface area contributed by atoms with Crippen molar-refractivity contribution in [3.8, 4) is 0 Å². The van der Waals surface area contributed by atoms with Crippen molar-refractivity contribution >= 4 is 18.3 Å². The lowest BCUT2D eigenvalue weighted by Crippen LogP contribution is -2.38. The van der Waals surface area contributed by atoms with Crippen molar-refractivity contribution in [1.82, 2.24) is 25.2 Å². The van der Waals surface area contributed by atoms with Gasteiger partial charge < -0.3 is 10.2 Å². The minimum absolute atomic E-state index is 0. The molecule has 1 aromatic rings. The van der Waals surface area contributed by atoms with E-state index < -0.39 is 0 Å². The molecule has 1 N–H and O–H groups in total. The zero-order chi connectivity index (χ0) is 14.1. The molecule has 1 amide bonds. The number of amides is 1. The number of rotatable bonds is 2. The molecule has 2 fully saturated rings. The summed E-state index contributed by atoms with van der Waals surface area (Å²) in [6.07, 6.45) is 6.09. The highest BCUT2D eigenvalue weighted by Crippen LogP contribution is 2.25. The van der Waals surface area contributed by atoms with Gasteiger partial charge in [-0.2, -0.15) is 0 Å². The number of nitrogens with zero attached hydrogens (tertiary/aromatic N) is 4. The number of hydrogen-bond donors (Lipinski definition) is 1. The van der Waals surface area contributed by atoms with Crippen molar-refractivity contribution < 1.29 is 4.79 Å². The smallest absolute Gasteiger partial charge is 0.276 e. The molecule has 7 heteroatoms. The Morgan fingerprint density at radius 3 is 2.43 bits per heavy atom. The first-order valence-corrected chi connectivity index (χ1v) is 7.62. The summed E-state index contributed by atoms with van der Waals surface area (Å²) in [5.74, 6) is 0.0303. The summed E-state index contributed by atoms with van der Waals surface area (Å²) in [5.41, 5.74) is 0.490. The maximum Gasteiger partial charge on any atom is 0.276 e. The van der Waals surface area contributed by atoms with Crippen LogP contribution in [-0.4, -0.2) is 51.0 Å². The third-order valence-electron chi connectivity index (χ3n) is 4.60. The van der Waals surface area contributed by atoms with Crippen molar-refractivity contribution in [3.05, 3.63) is 11.9 Å². The second-order valence-corrected chi connectivity index (χ2v) is 6.05. The summed E-state index contributed by atoms with van der Waals surface area (Å²) in [7, 11) is 0. The lowest BCUT2D eigenvalue weighted by molar-refractivity contribution is 0.0686. The number of carbonyl (C=O) groups excluding carboxylic acids is 1. The molecule has 2 unspecified atom stereocenters. The molecule has 3 heterocycles. The molecule has 2 saturated heterocycles. The maximum atomic E-state index is 12.6. The van der Waals surface area contributed by atoms with Crippen LogP contribution in [0.15, 0.2) is 6.20 Å². The molecule has 3 rings (SSSR count). The number of nitrogens with one attached hydrogen (secondary N) is 1. The second kappa shape index (κ2) is 6.75. The Hall–Kier alpha value is -1.14. The first kappa shape index (κ1) is 16.2. The van der Waals surface area contributed by atoms with E-state index in [1.165, 1.54) is 0 Å². The highest BCUT2D eigenvalue weighted by atomic mass is 35.5. The number of likely N-dealkylation sites (tertiary alicyclic amines) is 1. The fraction of sp³-hybridized carbons (Fsp3) is 0.786. The second-order valence-electron chi connectivity index (χ2n) is 6.05. The number of carbonyl (C=O) groups is 1. The summed E-state index contributed by atoms with van der Waals surface area (Å²) in [6.45, 7) is 6.24. The van der Waals surface area contributed by atoms with E-state index >= 15 is 0 Å². The van der Waals surface area contributed by atoms with Gasteiger partial charge in [0.05, 0.1) is 12.2 Å². The van der Waals surface area contributed by atoms with Crippen LogP contribution in [0.2, 0.25) is 0 Å². The fourth-order valence-electron chi connectivity index (χ4n) is 3.35. The van der Waals surface area contributed by atoms with E-state index in [9.17, 15) is 4.79 Å². The maximum absolute atomic E-state index is 12.6. The molecule has 2 aliphatic heterocycles.